The minimum Gasteiger partial charge on any atom is -0.0885 e. The number of hydrogen-bond acceptors (Lipinski definition) is 0. The van der Waals surface area contributed by atoms with Crippen LogP contribution in [0.15, 0.2) is 12.2 Å². The minimum atomic E-state index is 0.942. The van der Waals surface area contributed by atoms with Gasteiger partial charge in [0.15, 0.2) is 0 Å². The Morgan fingerprint density at radius 3 is 1.95 bits per heavy atom. The van der Waals surface area contributed by atoms with Gasteiger partial charge in [-0.25, -0.2) is 0 Å². The van der Waals surface area contributed by atoms with Gasteiger partial charge in [-0.2, -0.15) is 0 Å². The maximum absolute atomic E-state index is 3.93. The lowest BCUT2D eigenvalue weighted by atomic mass is 9.93. The third-order valence-corrected chi connectivity index (χ3v) is 3.96. The Hall–Kier alpha value is -0.260. The first-order valence-electron chi connectivity index (χ1n) is 8.58. The van der Waals surface area contributed by atoms with Gasteiger partial charge in [-0.05, 0) is 31.6 Å². The van der Waals surface area contributed by atoms with Gasteiger partial charge in [0.1, 0.15) is 0 Å². The molecule has 0 bridgehead atoms. The summed E-state index contributed by atoms with van der Waals surface area (Å²) in [5, 5.41) is 0. The van der Waals surface area contributed by atoms with Crippen LogP contribution in [0.25, 0.3) is 0 Å². The third kappa shape index (κ3) is 14.0. The molecule has 1 unspecified atom stereocenters. The summed E-state index contributed by atoms with van der Waals surface area (Å²) >= 11 is 0. The van der Waals surface area contributed by atoms with Crippen LogP contribution in [0, 0.1) is 19.8 Å². The zero-order valence-electron chi connectivity index (χ0n) is 13.3. The molecular formula is C19H36. The van der Waals surface area contributed by atoms with Crippen LogP contribution < -0.4 is 0 Å². The molecular weight excluding hydrogens is 228 g/mol. The fraction of sp³-hybridized carbons (Fsp3) is 0.789. The van der Waals surface area contributed by atoms with E-state index >= 15 is 0 Å². The normalized spacial score (nSPS) is 13.2. The van der Waals surface area contributed by atoms with E-state index in [1.54, 1.807) is 0 Å². The Bertz CT molecular complexity index is 180. The molecule has 112 valence electrons. The Morgan fingerprint density at radius 1 is 0.737 bits per heavy atom. The van der Waals surface area contributed by atoms with E-state index in [-0.39, 0.29) is 0 Å². The monoisotopic (exact) mass is 264 g/mol. The highest BCUT2D eigenvalue weighted by Gasteiger charge is 2.04. The summed E-state index contributed by atoms with van der Waals surface area (Å²) in [6.07, 6.45) is 21.8. The average molecular weight is 264 g/mol. The molecule has 0 heterocycles. The van der Waals surface area contributed by atoms with Gasteiger partial charge >= 0.3 is 0 Å². The fourth-order valence-electron chi connectivity index (χ4n) is 2.54. The van der Waals surface area contributed by atoms with Gasteiger partial charge < -0.3 is 0 Å². The first kappa shape index (κ1) is 18.7. The molecule has 0 spiro atoms. The van der Waals surface area contributed by atoms with Gasteiger partial charge in [0.05, 0.1) is 0 Å². The summed E-state index contributed by atoms with van der Waals surface area (Å²) in [6.45, 7) is 10.1. The Morgan fingerprint density at radius 2 is 1.32 bits per heavy atom. The van der Waals surface area contributed by atoms with Gasteiger partial charge in [0.25, 0.3) is 0 Å². The highest BCUT2D eigenvalue weighted by molar-refractivity contribution is 4.81. The van der Waals surface area contributed by atoms with Crippen LogP contribution in [0.1, 0.15) is 90.4 Å². The Kier molecular flexibility index (Phi) is 15.6. The lowest BCUT2D eigenvalue weighted by Crippen LogP contribution is -1.98. The zero-order chi connectivity index (χ0) is 14.2. The second-order valence-electron chi connectivity index (χ2n) is 5.73. The molecule has 0 heteroatoms. The van der Waals surface area contributed by atoms with Crippen LogP contribution in [0.3, 0.4) is 0 Å². The maximum atomic E-state index is 3.93. The van der Waals surface area contributed by atoms with Crippen molar-refractivity contribution in [2.45, 2.75) is 90.4 Å². The van der Waals surface area contributed by atoms with E-state index in [4.69, 9.17) is 0 Å². The number of hydrogen-bond donors (Lipinski definition) is 0. The molecule has 0 aliphatic heterocycles. The van der Waals surface area contributed by atoms with Crippen molar-refractivity contribution in [2.75, 3.05) is 0 Å². The second kappa shape index (κ2) is 15.8. The molecule has 0 N–H and O–H groups in total. The van der Waals surface area contributed by atoms with Gasteiger partial charge in [0.2, 0.25) is 0 Å². The van der Waals surface area contributed by atoms with Gasteiger partial charge in [-0.3, -0.25) is 0 Å². The third-order valence-electron chi connectivity index (χ3n) is 3.96. The summed E-state index contributed by atoms with van der Waals surface area (Å²) in [5.74, 6) is 0.942. The van der Waals surface area contributed by atoms with Crippen LogP contribution in [0.4, 0.5) is 0 Å². The molecule has 0 rings (SSSR count). The van der Waals surface area contributed by atoms with Crippen molar-refractivity contribution < 1.29 is 0 Å². The van der Waals surface area contributed by atoms with Crippen LogP contribution in [-0.4, -0.2) is 0 Å². The standard InChI is InChI=1S/C19H36/c1-4-7-9-10-11-12-13-14-15-16-18-19(6-3)17-8-5-2/h13-14,19H,1-2,4-12,15-18H2,3H3/b14-13+. The second-order valence-corrected chi connectivity index (χ2v) is 5.73. The molecule has 19 heavy (non-hydrogen) atoms. The molecule has 0 nitrogen and oxygen atoms in total. The summed E-state index contributed by atoms with van der Waals surface area (Å²) in [4.78, 5) is 0. The maximum Gasteiger partial charge on any atom is -0.0351 e. The molecule has 0 saturated heterocycles. The number of rotatable bonds is 14. The summed E-state index contributed by atoms with van der Waals surface area (Å²) < 4.78 is 0. The molecule has 0 aromatic heterocycles. The zero-order valence-corrected chi connectivity index (χ0v) is 13.3. The quantitative estimate of drug-likeness (QED) is 0.236. The topological polar surface area (TPSA) is 0 Å². The molecule has 2 radical (unpaired) electrons. The average Bonchev–Trinajstić information content (AvgIpc) is 2.44. The first-order valence-corrected chi connectivity index (χ1v) is 8.58. The van der Waals surface area contributed by atoms with Gasteiger partial charge in [-0.1, -0.05) is 90.7 Å². The molecule has 0 aliphatic rings. The van der Waals surface area contributed by atoms with Crippen molar-refractivity contribution in [1.82, 2.24) is 0 Å². The lowest BCUT2D eigenvalue weighted by molar-refractivity contribution is 0.414. The predicted octanol–water partition coefficient (Wildman–Crippen LogP) is 6.92. The lowest BCUT2D eigenvalue weighted by Gasteiger charge is -2.13. The number of unbranched alkanes of at least 4 members (excludes halogenated alkanes) is 7. The van der Waals surface area contributed by atoms with Crippen molar-refractivity contribution in [2.24, 2.45) is 5.92 Å². The van der Waals surface area contributed by atoms with Crippen LogP contribution in [0.2, 0.25) is 0 Å². The van der Waals surface area contributed by atoms with Crippen molar-refractivity contribution >= 4 is 0 Å². The van der Waals surface area contributed by atoms with E-state index in [2.05, 4.69) is 32.9 Å². The van der Waals surface area contributed by atoms with Crippen LogP contribution in [-0.2, 0) is 0 Å². The fourth-order valence-corrected chi connectivity index (χ4v) is 2.54. The van der Waals surface area contributed by atoms with Crippen molar-refractivity contribution in [3.8, 4) is 0 Å². The molecule has 0 fully saturated rings. The summed E-state index contributed by atoms with van der Waals surface area (Å²) in [5.41, 5.74) is 0. The van der Waals surface area contributed by atoms with E-state index in [1.807, 2.05) is 0 Å². The van der Waals surface area contributed by atoms with Crippen molar-refractivity contribution in [3.63, 3.8) is 0 Å². The van der Waals surface area contributed by atoms with Crippen molar-refractivity contribution in [3.05, 3.63) is 26.0 Å². The molecule has 1 atom stereocenters. The van der Waals surface area contributed by atoms with E-state index in [9.17, 15) is 0 Å². The number of allylic oxidation sites excluding steroid dienone is 2. The summed E-state index contributed by atoms with van der Waals surface area (Å²) in [6, 6.07) is 0. The SMILES string of the molecule is [CH2]CCCCCC/C=C/CCCC(CC)CCC[CH2]. The van der Waals surface area contributed by atoms with E-state index in [0.717, 1.165) is 18.8 Å². The largest absolute Gasteiger partial charge is 0.0885 e. The Balaban J connectivity index is 3.31. The van der Waals surface area contributed by atoms with Gasteiger partial charge in [-0.15, -0.1) is 0 Å². The molecule has 0 aromatic carbocycles. The molecule has 0 saturated carbocycles. The van der Waals surface area contributed by atoms with Gasteiger partial charge in [0, 0.05) is 0 Å². The molecule has 0 aliphatic carbocycles. The molecule has 0 aromatic rings. The van der Waals surface area contributed by atoms with Crippen molar-refractivity contribution in [1.29, 1.82) is 0 Å². The highest BCUT2D eigenvalue weighted by atomic mass is 14.1. The Labute approximate surface area is 123 Å². The summed E-state index contributed by atoms with van der Waals surface area (Å²) in [7, 11) is 0. The predicted molar refractivity (Wildman–Crippen MR) is 89.0 cm³/mol. The minimum absolute atomic E-state index is 0.942. The van der Waals surface area contributed by atoms with E-state index < -0.39 is 0 Å². The van der Waals surface area contributed by atoms with E-state index in [0.29, 0.717) is 0 Å². The van der Waals surface area contributed by atoms with Crippen LogP contribution in [0.5, 0.6) is 0 Å². The smallest absolute Gasteiger partial charge is 0.0351 e. The highest BCUT2D eigenvalue weighted by Crippen LogP contribution is 2.19. The van der Waals surface area contributed by atoms with Crippen LogP contribution >= 0.6 is 0 Å². The molecule has 0 amide bonds. The van der Waals surface area contributed by atoms with E-state index in [1.165, 1.54) is 70.6 Å². The first-order chi connectivity index (χ1) is 9.35.